The molecule has 0 atom stereocenters. The fourth-order valence-corrected chi connectivity index (χ4v) is 6.16. The van der Waals surface area contributed by atoms with Gasteiger partial charge in [-0.3, -0.25) is 19.8 Å². The smallest absolute Gasteiger partial charge is 0.227 e. The summed E-state index contributed by atoms with van der Waals surface area (Å²) >= 11 is 0. The summed E-state index contributed by atoms with van der Waals surface area (Å²) in [4.78, 5) is 27.1. The Morgan fingerprint density at radius 1 is 0.978 bits per heavy atom. The fourth-order valence-electron chi connectivity index (χ4n) is 6.16. The van der Waals surface area contributed by atoms with Gasteiger partial charge >= 0.3 is 0 Å². The van der Waals surface area contributed by atoms with Gasteiger partial charge in [-0.15, -0.1) is 0 Å². The molecule has 1 saturated carbocycles. The summed E-state index contributed by atoms with van der Waals surface area (Å²) < 4.78 is 20.8. The molecule has 0 radical (unpaired) electrons. The van der Waals surface area contributed by atoms with E-state index in [9.17, 15) is 9.18 Å². The fraction of sp³-hybridized carbons (Fsp3) is 0.257. The number of H-pyrrole nitrogens is 2. The maximum Gasteiger partial charge on any atom is 0.227 e. The van der Waals surface area contributed by atoms with Crippen LogP contribution in [0, 0.1) is 11.7 Å². The van der Waals surface area contributed by atoms with E-state index in [0.29, 0.717) is 23.7 Å². The Bertz CT molecular complexity index is 2040. The summed E-state index contributed by atoms with van der Waals surface area (Å²) in [6.45, 7) is 3.57. The summed E-state index contributed by atoms with van der Waals surface area (Å²) in [5.41, 5.74) is 7.10. The van der Waals surface area contributed by atoms with Crippen molar-refractivity contribution < 1.29 is 13.9 Å². The predicted octanol–water partition coefficient (Wildman–Crippen LogP) is 6.80. The van der Waals surface area contributed by atoms with Crippen molar-refractivity contribution in [3.63, 3.8) is 0 Å². The van der Waals surface area contributed by atoms with Crippen LogP contribution in [0.4, 0.5) is 10.1 Å². The van der Waals surface area contributed by atoms with Gasteiger partial charge in [0.1, 0.15) is 23.9 Å². The number of hydrogen-bond acceptors (Lipinski definition) is 6. The molecule has 1 aliphatic heterocycles. The van der Waals surface area contributed by atoms with E-state index in [1.165, 1.54) is 18.9 Å². The van der Waals surface area contributed by atoms with Gasteiger partial charge in [0, 0.05) is 58.3 Å². The third-order valence-corrected chi connectivity index (χ3v) is 8.68. The number of nitrogens with one attached hydrogen (secondary N) is 3. The molecule has 0 spiro atoms. The second kappa shape index (κ2) is 11.4. The number of carbonyl (C=O) groups is 1. The Hall–Kier alpha value is -5.09. The quantitative estimate of drug-likeness (QED) is 0.168. The van der Waals surface area contributed by atoms with Gasteiger partial charge < -0.3 is 15.0 Å². The highest BCUT2D eigenvalue weighted by atomic mass is 19.1. The van der Waals surface area contributed by atoms with E-state index in [1.54, 1.807) is 24.7 Å². The number of fused-ring (bicyclic) bond motifs is 2. The number of pyridine rings is 2. The largest absolute Gasteiger partial charge is 0.492 e. The number of nitrogens with zero attached hydrogens (tertiary/aromatic N) is 4. The van der Waals surface area contributed by atoms with Gasteiger partial charge in [-0.2, -0.15) is 5.10 Å². The highest BCUT2D eigenvalue weighted by Gasteiger charge is 2.29. The number of rotatable bonds is 9. The SMILES string of the molecule is O=C(Nc1cncc(-c2cnc3[nH]nc(-c4cc5c(-c6cc(F)cc(OCCN7CCCC7)c6)cccc5[nH]4)c3c2)c1)C1CC1. The second-order valence-electron chi connectivity index (χ2n) is 11.9. The molecule has 8 rings (SSSR count). The molecule has 6 aromatic rings. The van der Waals surface area contributed by atoms with Gasteiger partial charge in [0.05, 0.1) is 17.6 Å². The Morgan fingerprint density at radius 2 is 1.84 bits per heavy atom. The van der Waals surface area contributed by atoms with Crippen LogP contribution in [0.3, 0.4) is 0 Å². The minimum Gasteiger partial charge on any atom is -0.492 e. The van der Waals surface area contributed by atoms with Crippen molar-refractivity contribution >= 4 is 33.5 Å². The molecular weight excluding hydrogens is 569 g/mol. The van der Waals surface area contributed by atoms with Crippen LogP contribution in [0.15, 0.2) is 73.2 Å². The first-order valence-electron chi connectivity index (χ1n) is 15.5. The number of halogens is 1. The topological polar surface area (TPSA) is 112 Å². The zero-order valence-electron chi connectivity index (χ0n) is 24.6. The number of aromatic amines is 2. The molecule has 2 fully saturated rings. The van der Waals surface area contributed by atoms with Crippen LogP contribution in [-0.2, 0) is 4.79 Å². The molecule has 1 saturated heterocycles. The molecule has 4 aromatic heterocycles. The zero-order valence-corrected chi connectivity index (χ0v) is 24.6. The van der Waals surface area contributed by atoms with Crippen molar-refractivity contribution in [1.29, 1.82) is 0 Å². The van der Waals surface area contributed by atoms with E-state index in [2.05, 4.69) is 35.4 Å². The molecule has 1 amide bonds. The second-order valence-corrected chi connectivity index (χ2v) is 11.9. The van der Waals surface area contributed by atoms with Gasteiger partial charge in [0.15, 0.2) is 5.65 Å². The lowest BCUT2D eigenvalue weighted by Gasteiger charge is -2.15. The monoisotopic (exact) mass is 601 g/mol. The minimum atomic E-state index is -0.334. The summed E-state index contributed by atoms with van der Waals surface area (Å²) in [5, 5.41) is 12.4. The van der Waals surface area contributed by atoms with Gasteiger partial charge in [-0.25, -0.2) is 9.37 Å². The lowest BCUT2D eigenvalue weighted by Crippen LogP contribution is -2.25. The Labute approximate surface area is 258 Å². The standard InChI is InChI=1S/C35H32FN7O2/c36-25-12-22(14-27(16-25)45-11-10-43-8-1-2-9-43)28-4-3-5-31-29(28)17-32(40-31)33-30-15-24(19-38-34(30)42-41-33)23-13-26(20-37-18-23)39-35(44)21-6-7-21/h3-5,12-21,40H,1-2,6-11H2,(H,39,44)(H,38,41,42). The molecule has 5 heterocycles. The van der Waals surface area contributed by atoms with Gasteiger partial charge in [0.25, 0.3) is 0 Å². The van der Waals surface area contributed by atoms with E-state index in [1.807, 2.05) is 42.5 Å². The molecule has 2 aromatic carbocycles. The number of carbonyl (C=O) groups excluding carboxylic acids is 1. The normalized spacial score (nSPS) is 15.2. The first-order valence-corrected chi connectivity index (χ1v) is 15.5. The van der Waals surface area contributed by atoms with Gasteiger partial charge in [-0.05, 0) is 86.3 Å². The number of ether oxygens (including phenoxy) is 1. The number of anilines is 1. The maximum atomic E-state index is 14.8. The lowest BCUT2D eigenvalue weighted by molar-refractivity contribution is -0.117. The maximum absolute atomic E-state index is 14.8. The summed E-state index contributed by atoms with van der Waals surface area (Å²) in [6, 6.07) is 16.8. The minimum absolute atomic E-state index is 0.0392. The molecule has 0 unspecified atom stereocenters. The summed E-state index contributed by atoms with van der Waals surface area (Å²) in [5.74, 6) is 0.341. The Morgan fingerprint density at radius 3 is 2.71 bits per heavy atom. The number of benzene rings is 2. The van der Waals surface area contributed by atoms with Crippen LogP contribution in [0.1, 0.15) is 25.7 Å². The van der Waals surface area contributed by atoms with Crippen molar-refractivity contribution in [3.05, 3.63) is 79.0 Å². The number of likely N-dealkylation sites (tertiary alicyclic amines) is 1. The average Bonchev–Trinajstić information content (AvgIpc) is 3.40. The lowest BCUT2D eigenvalue weighted by atomic mass is 10.0. The van der Waals surface area contributed by atoms with E-state index in [4.69, 9.17) is 4.74 Å². The van der Waals surface area contributed by atoms with Crippen LogP contribution in [-0.4, -0.2) is 62.2 Å². The van der Waals surface area contributed by atoms with Crippen LogP contribution >= 0.6 is 0 Å². The number of hydrogen-bond donors (Lipinski definition) is 3. The molecule has 9 nitrogen and oxygen atoms in total. The Balaban J connectivity index is 1.10. The highest BCUT2D eigenvalue weighted by Crippen LogP contribution is 2.36. The van der Waals surface area contributed by atoms with Crippen molar-refractivity contribution in [2.24, 2.45) is 5.92 Å². The molecule has 10 heteroatoms. The van der Waals surface area contributed by atoms with E-state index >= 15 is 0 Å². The van der Waals surface area contributed by atoms with Gasteiger partial charge in [-0.1, -0.05) is 12.1 Å². The molecule has 45 heavy (non-hydrogen) atoms. The summed E-state index contributed by atoms with van der Waals surface area (Å²) in [7, 11) is 0. The van der Waals surface area contributed by atoms with E-state index in [-0.39, 0.29) is 17.6 Å². The summed E-state index contributed by atoms with van der Waals surface area (Å²) in [6.07, 6.45) is 9.52. The molecule has 1 aliphatic carbocycles. The first kappa shape index (κ1) is 27.5. The van der Waals surface area contributed by atoms with Crippen LogP contribution in [0.25, 0.3) is 55.6 Å². The molecule has 226 valence electrons. The van der Waals surface area contributed by atoms with Crippen LogP contribution < -0.4 is 10.1 Å². The van der Waals surface area contributed by atoms with Crippen molar-refractivity contribution in [2.45, 2.75) is 25.7 Å². The van der Waals surface area contributed by atoms with Crippen molar-refractivity contribution in [2.75, 3.05) is 31.6 Å². The van der Waals surface area contributed by atoms with E-state index < -0.39 is 0 Å². The third-order valence-electron chi connectivity index (χ3n) is 8.68. The van der Waals surface area contributed by atoms with Crippen LogP contribution in [0.2, 0.25) is 0 Å². The molecular formula is C35H32FN7O2. The van der Waals surface area contributed by atoms with Crippen molar-refractivity contribution in [1.82, 2.24) is 30.0 Å². The molecule has 3 N–H and O–H groups in total. The third kappa shape index (κ3) is 5.64. The Kier molecular flexibility index (Phi) is 6.98. The number of amides is 1. The zero-order chi connectivity index (χ0) is 30.3. The highest BCUT2D eigenvalue weighted by molar-refractivity contribution is 6.01. The average molecular weight is 602 g/mol. The van der Waals surface area contributed by atoms with Crippen molar-refractivity contribution in [3.8, 4) is 39.4 Å². The number of aromatic nitrogens is 5. The van der Waals surface area contributed by atoms with Gasteiger partial charge in [0.2, 0.25) is 5.91 Å². The first-order chi connectivity index (χ1) is 22.1. The van der Waals surface area contributed by atoms with Crippen LogP contribution in [0.5, 0.6) is 5.75 Å². The molecule has 0 bridgehead atoms. The van der Waals surface area contributed by atoms with E-state index in [0.717, 1.165) is 82.4 Å². The molecule has 2 aliphatic rings. The predicted molar refractivity (Wildman–Crippen MR) is 172 cm³/mol.